The number of rotatable bonds is 5. The van der Waals surface area contributed by atoms with Crippen LogP contribution in [0.5, 0.6) is 0 Å². The highest BCUT2D eigenvalue weighted by atomic mass is 32.2. The lowest BCUT2D eigenvalue weighted by Gasteiger charge is -2.33. The van der Waals surface area contributed by atoms with Gasteiger partial charge in [0, 0.05) is 44.4 Å². The van der Waals surface area contributed by atoms with Crippen molar-refractivity contribution in [3.05, 3.63) is 76.1 Å². The molecule has 0 aliphatic carbocycles. The van der Waals surface area contributed by atoms with Gasteiger partial charge in [0.2, 0.25) is 15.9 Å². The number of carbonyl (C=O) groups excluding carboxylic acids is 1. The van der Waals surface area contributed by atoms with E-state index in [1.165, 1.54) is 51.7 Å². The first-order valence-electron chi connectivity index (χ1n) is 8.74. The van der Waals surface area contributed by atoms with Gasteiger partial charge >= 0.3 is 0 Å². The molecule has 3 rings (SSSR count). The number of non-ortho nitro benzene ring substituents is 1. The van der Waals surface area contributed by atoms with Crippen LogP contribution in [-0.4, -0.2) is 54.6 Å². The van der Waals surface area contributed by atoms with E-state index in [9.17, 15) is 27.7 Å². The Morgan fingerprint density at radius 2 is 1.72 bits per heavy atom. The quantitative estimate of drug-likeness (QED) is 0.420. The molecule has 2 aromatic carbocycles. The van der Waals surface area contributed by atoms with Crippen LogP contribution in [0.25, 0.3) is 6.08 Å². The molecule has 0 bridgehead atoms. The Balaban J connectivity index is 1.61. The van der Waals surface area contributed by atoms with E-state index < -0.39 is 20.8 Å². The van der Waals surface area contributed by atoms with Gasteiger partial charge in [-0.15, -0.1) is 0 Å². The topological polar surface area (TPSA) is 101 Å². The number of sulfonamides is 1. The van der Waals surface area contributed by atoms with Crippen molar-refractivity contribution >= 4 is 27.7 Å². The fourth-order valence-electron chi connectivity index (χ4n) is 2.92. The third kappa shape index (κ3) is 4.84. The van der Waals surface area contributed by atoms with Crippen molar-refractivity contribution < 1.29 is 22.5 Å². The highest BCUT2D eigenvalue weighted by Gasteiger charge is 2.29. The number of hydrogen-bond acceptors (Lipinski definition) is 5. The zero-order valence-electron chi connectivity index (χ0n) is 15.3. The van der Waals surface area contributed by atoms with Crippen LogP contribution >= 0.6 is 0 Å². The zero-order valence-corrected chi connectivity index (χ0v) is 16.1. The van der Waals surface area contributed by atoms with Crippen LogP contribution in [-0.2, 0) is 14.8 Å². The highest BCUT2D eigenvalue weighted by Crippen LogP contribution is 2.19. The molecule has 1 aliphatic heterocycles. The minimum Gasteiger partial charge on any atom is -0.337 e. The number of nitro benzene ring substituents is 1. The van der Waals surface area contributed by atoms with Gasteiger partial charge in [-0.2, -0.15) is 4.31 Å². The molecule has 1 amide bonds. The molecule has 29 heavy (non-hydrogen) atoms. The molecular weight excluding hydrogens is 401 g/mol. The Morgan fingerprint density at radius 1 is 1.07 bits per heavy atom. The largest absolute Gasteiger partial charge is 0.337 e. The molecule has 1 fully saturated rings. The van der Waals surface area contributed by atoms with Crippen molar-refractivity contribution in [2.24, 2.45) is 0 Å². The summed E-state index contributed by atoms with van der Waals surface area (Å²) in [6, 6.07) is 10.5. The van der Waals surface area contributed by atoms with Crippen molar-refractivity contribution in [2.75, 3.05) is 26.2 Å². The van der Waals surface area contributed by atoms with Gasteiger partial charge in [-0.1, -0.05) is 12.1 Å². The molecule has 0 N–H and O–H groups in total. The molecule has 0 aromatic heterocycles. The maximum Gasteiger partial charge on any atom is 0.270 e. The third-order valence-electron chi connectivity index (χ3n) is 4.50. The summed E-state index contributed by atoms with van der Waals surface area (Å²) in [4.78, 5) is 24.1. The molecular formula is C19H18FN3O5S. The Hall–Kier alpha value is -3.11. The lowest BCUT2D eigenvalue weighted by Crippen LogP contribution is -2.50. The van der Waals surface area contributed by atoms with Gasteiger partial charge in [-0.05, 0) is 35.9 Å². The van der Waals surface area contributed by atoms with E-state index in [-0.39, 0.29) is 42.7 Å². The Morgan fingerprint density at radius 3 is 2.34 bits per heavy atom. The SMILES string of the molecule is O=C(C=Cc1cccc([N+](=O)[O-])c1)N1CCN(S(=O)(=O)c2ccc(F)cc2)CC1. The molecule has 2 aromatic rings. The van der Waals surface area contributed by atoms with E-state index in [1.54, 1.807) is 6.07 Å². The number of carbonyl (C=O) groups is 1. The second kappa shape index (κ2) is 8.50. The maximum absolute atomic E-state index is 13.0. The normalized spacial score (nSPS) is 15.6. The van der Waals surface area contributed by atoms with Gasteiger partial charge in [-0.25, -0.2) is 12.8 Å². The molecule has 8 nitrogen and oxygen atoms in total. The number of amides is 1. The van der Waals surface area contributed by atoms with E-state index in [4.69, 9.17) is 0 Å². The predicted octanol–water partition coefficient (Wildman–Crippen LogP) is 2.28. The summed E-state index contributed by atoms with van der Waals surface area (Å²) in [5.74, 6) is -0.828. The second-order valence-electron chi connectivity index (χ2n) is 6.37. The smallest absolute Gasteiger partial charge is 0.270 e. The molecule has 1 aliphatic rings. The van der Waals surface area contributed by atoms with Gasteiger partial charge in [0.15, 0.2) is 0 Å². The average molecular weight is 419 g/mol. The maximum atomic E-state index is 13.0. The number of halogens is 1. The third-order valence-corrected chi connectivity index (χ3v) is 6.41. The molecule has 0 spiro atoms. The van der Waals surface area contributed by atoms with Crippen LogP contribution in [0.1, 0.15) is 5.56 Å². The molecule has 152 valence electrons. The molecule has 10 heteroatoms. The first-order chi connectivity index (χ1) is 13.8. The lowest BCUT2D eigenvalue weighted by molar-refractivity contribution is -0.384. The van der Waals surface area contributed by atoms with E-state index in [1.807, 2.05) is 0 Å². The van der Waals surface area contributed by atoms with Crippen molar-refractivity contribution in [3.63, 3.8) is 0 Å². The standard InChI is InChI=1S/C19H18FN3O5S/c20-16-5-7-18(8-6-16)29(27,28)22-12-10-21(11-13-22)19(24)9-4-15-2-1-3-17(14-15)23(25)26/h1-9,14H,10-13H2. The Labute approximate surface area is 167 Å². The van der Waals surface area contributed by atoms with E-state index in [0.29, 0.717) is 5.56 Å². The monoisotopic (exact) mass is 419 g/mol. The molecule has 0 unspecified atom stereocenters. The summed E-state index contributed by atoms with van der Waals surface area (Å²) >= 11 is 0. The van der Waals surface area contributed by atoms with E-state index >= 15 is 0 Å². The van der Waals surface area contributed by atoms with Crippen LogP contribution in [0.2, 0.25) is 0 Å². The fourth-order valence-corrected chi connectivity index (χ4v) is 4.34. The summed E-state index contributed by atoms with van der Waals surface area (Å²) in [7, 11) is -3.75. The zero-order chi connectivity index (χ0) is 21.0. The number of nitrogens with zero attached hydrogens (tertiary/aromatic N) is 3. The number of nitro groups is 1. The molecule has 1 heterocycles. The molecule has 1 saturated heterocycles. The Bertz CT molecular complexity index is 1050. The van der Waals surface area contributed by atoms with Crippen molar-refractivity contribution in [1.82, 2.24) is 9.21 Å². The first kappa shape index (κ1) is 20.6. The van der Waals surface area contributed by atoms with Crippen molar-refractivity contribution in [2.45, 2.75) is 4.90 Å². The average Bonchev–Trinajstić information content (AvgIpc) is 2.72. The van der Waals surface area contributed by atoms with Crippen molar-refractivity contribution in [3.8, 4) is 0 Å². The van der Waals surface area contributed by atoms with Crippen molar-refractivity contribution in [1.29, 1.82) is 0 Å². The summed E-state index contributed by atoms with van der Waals surface area (Å²) in [5.41, 5.74) is 0.448. The van der Waals surface area contributed by atoms with Gasteiger partial charge < -0.3 is 4.90 Å². The first-order valence-corrected chi connectivity index (χ1v) is 10.2. The summed E-state index contributed by atoms with van der Waals surface area (Å²) in [6.07, 6.45) is 2.79. The van der Waals surface area contributed by atoms with E-state index in [2.05, 4.69) is 0 Å². The van der Waals surface area contributed by atoms with Gasteiger partial charge in [0.05, 0.1) is 9.82 Å². The van der Waals surface area contributed by atoms with Crippen LogP contribution < -0.4 is 0 Å². The van der Waals surface area contributed by atoms with Crippen LogP contribution in [0.3, 0.4) is 0 Å². The van der Waals surface area contributed by atoms with Crippen LogP contribution in [0, 0.1) is 15.9 Å². The highest BCUT2D eigenvalue weighted by molar-refractivity contribution is 7.89. The number of hydrogen-bond donors (Lipinski definition) is 0. The second-order valence-corrected chi connectivity index (χ2v) is 8.31. The lowest BCUT2D eigenvalue weighted by atomic mass is 10.2. The molecule has 0 atom stereocenters. The van der Waals surface area contributed by atoms with E-state index in [0.717, 1.165) is 12.1 Å². The van der Waals surface area contributed by atoms with Gasteiger partial charge in [0.25, 0.3) is 5.69 Å². The molecule has 0 saturated carbocycles. The summed E-state index contributed by atoms with van der Waals surface area (Å²) in [5, 5.41) is 10.8. The number of benzene rings is 2. The van der Waals surface area contributed by atoms with Crippen LogP contribution in [0.4, 0.5) is 10.1 Å². The Kier molecular flexibility index (Phi) is 6.04. The summed E-state index contributed by atoms with van der Waals surface area (Å²) < 4.78 is 39.5. The minimum absolute atomic E-state index is 0.00393. The predicted molar refractivity (Wildman–Crippen MR) is 104 cm³/mol. The minimum atomic E-state index is -3.75. The van der Waals surface area contributed by atoms with Gasteiger partial charge in [-0.3, -0.25) is 14.9 Å². The number of piperazine rings is 1. The van der Waals surface area contributed by atoms with Gasteiger partial charge in [0.1, 0.15) is 5.82 Å². The molecule has 0 radical (unpaired) electrons. The fraction of sp³-hybridized carbons (Fsp3) is 0.211. The summed E-state index contributed by atoms with van der Waals surface area (Å²) in [6.45, 7) is 0.656. The van der Waals surface area contributed by atoms with Crippen LogP contribution in [0.15, 0.2) is 59.5 Å².